The van der Waals surface area contributed by atoms with Gasteiger partial charge in [0.1, 0.15) is 5.02 Å². The Morgan fingerprint density at radius 2 is 2.18 bits per heavy atom. The van der Waals surface area contributed by atoms with Crippen LogP contribution in [-0.4, -0.2) is 17.5 Å². The van der Waals surface area contributed by atoms with E-state index >= 15 is 0 Å². The van der Waals surface area contributed by atoms with Gasteiger partial charge >= 0.3 is 5.97 Å². The van der Waals surface area contributed by atoms with E-state index in [1.165, 1.54) is 6.07 Å². The van der Waals surface area contributed by atoms with Gasteiger partial charge in [-0.05, 0) is 25.0 Å². The van der Waals surface area contributed by atoms with Crippen molar-refractivity contribution in [3.8, 4) is 0 Å². The summed E-state index contributed by atoms with van der Waals surface area (Å²) in [5.74, 6) is -0.413. The number of carbonyl (C=O) groups is 1. The number of carbonyl (C=O) groups excluding carboxylic acids is 1. The van der Waals surface area contributed by atoms with E-state index < -0.39 is 10.9 Å². The van der Waals surface area contributed by atoms with Gasteiger partial charge in [-0.1, -0.05) is 17.7 Å². The van der Waals surface area contributed by atoms with Gasteiger partial charge in [0.25, 0.3) is 5.69 Å². The summed E-state index contributed by atoms with van der Waals surface area (Å²) in [7, 11) is 0. The van der Waals surface area contributed by atoms with E-state index in [1.54, 1.807) is 19.9 Å². The highest BCUT2D eigenvalue weighted by molar-refractivity contribution is 6.33. The van der Waals surface area contributed by atoms with Crippen LogP contribution in [0.15, 0.2) is 12.1 Å². The number of benzene rings is 1. The maximum atomic E-state index is 11.3. The third-order valence-electron chi connectivity index (χ3n) is 2.15. The van der Waals surface area contributed by atoms with E-state index in [4.69, 9.17) is 16.3 Å². The number of nitro groups is 1. The molecular weight excluding hydrogens is 246 g/mol. The summed E-state index contributed by atoms with van der Waals surface area (Å²) in [5, 5.41) is 10.8. The lowest BCUT2D eigenvalue weighted by molar-refractivity contribution is -0.384. The van der Waals surface area contributed by atoms with Crippen LogP contribution in [0.1, 0.15) is 18.1 Å². The van der Waals surface area contributed by atoms with E-state index in [9.17, 15) is 14.9 Å². The third-order valence-corrected chi connectivity index (χ3v) is 2.64. The first kappa shape index (κ1) is 13.4. The highest BCUT2D eigenvalue weighted by Gasteiger charge is 2.17. The molecule has 0 spiro atoms. The molecule has 0 aliphatic rings. The first-order valence-corrected chi connectivity index (χ1v) is 5.42. The van der Waals surface area contributed by atoms with Crippen molar-refractivity contribution in [1.29, 1.82) is 0 Å². The Morgan fingerprint density at radius 1 is 1.53 bits per heavy atom. The first-order chi connectivity index (χ1) is 7.95. The minimum Gasteiger partial charge on any atom is -0.466 e. The van der Waals surface area contributed by atoms with Crippen molar-refractivity contribution in [1.82, 2.24) is 0 Å². The smallest absolute Gasteiger partial charge is 0.310 e. The van der Waals surface area contributed by atoms with E-state index in [1.807, 2.05) is 0 Å². The Morgan fingerprint density at radius 3 is 2.71 bits per heavy atom. The van der Waals surface area contributed by atoms with Gasteiger partial charge in [-0.2, -0.15) is 0 Å². The van der Waals surface area contributed by atoms with Crippen LogP contribution < -0.4 is 0 Å². The lowest BCUT2D eigenvalue weighted by Gasteiger charge is -2.05. The Hall–Kier alpha value is -1.62. The number of hydrogen-bond donors (Lipinski definition) is 0. The van der Waals surface area contributed by atoms with E-state index in [2.05, 4.69) is 0 Å². The second-order valence-corrected chi connectivity index (χ2v) is 3.86. The van der Waals surface area contributed by atoms with Gasteiger partial charge in [0.15, 0.2) is 0 Å². The number of hydrogen-bond acceptors (Lipinski definition) is 4. The Labute approximate surface area is 103 Å². The van der Waals surface area contributed by atoms with Crippen LogP contribution in [0.3, 0.4) is 0 Å². The molecule has 6 heteroatoms. The number of ether oxygens (including phenoxy) is 1. The molecule has 0 aliphatic heterocycles. The van der Waals surface area contributed by atoms with Crippen molar-refractivity contribution < 1.29 is 14.5 Å². The maximum absolute atomic E-state index is 11.3. The number of esters is 1. The molecule has 0 amide bonds. The minimum atomic E-state index is -0.565. The minimum absolute atomic E-state index is 0.00664. The van der Waals surface area contributed by atoms with Crippen LogP contribution in [0.25, 0.3) is 0 Å². The van der Waals surface area contributed by atoms with Gasteiger partial charge in [0, 0.05) is 6.07 Å². The zero-order valence-electron chi connectivity index (χ0n) is 9.53. The highest BCUT2D eigenvalue weighted by atomic mass is 35.5. The summed E-state index contributed by atoms with van der Waals surface area (Å²) < 4.78 is 4.77. The molecule has 0 heterocycles. The molecule has 0 unspecified atom stereocenters. The fourth-order valence-corrected chi connectivity index (χ4v) is 1.62. The van der Waals surface area contributed by atoms with Gasteiger partial charge in [0.2, 0.25) is 0 Å². The summed E-state index contributed by atoms with van der Waals surface area (Å²) in [6.07, 6.45) is 0.00664. The molecular formula is C11H12ClNO4. The molecule has 0 saturated heterocycles. The standard InChI is InChI=1S/C11H12ClNO4/c1-3-17-10(14)6-8-4-7(2)11(12)9(5-8)13(15)16/h4-5H,3,6H2,1-2H3. The summed E-state index contributed by atoms with van der Waals surface area (Å²) >= 11 is 5.80. The monoisotopic (exact) mass is 257 g/mol. The van der Waals surface area contributed by atoms with Crippen LogP contribution in [-0.2, 0) is 16.0 Å². The molecule has 0 atom stereocenters. The largest absolute Gasteiger partial charge is 0.466 e. The van der Waals surface area contributed by atoms with Crippen molar-refractivity contribution in [2.24, 2.45) is 0 Å². The van der Waals surface area contributed by atoms with E-state index in [0.717, 1.165) is 0 Å². The molecule has 92 valence electrons. The SMILES string of the molecule is CCOC(=O)Cc1cc(C)c(Cl)c([N+](=O)[O-])c1. The maximum Gasteiger partial charge on any atom is 0.310 e. The number of aryl methyl sites for hydroxylation is 1. The third kappa shape index (κ3) is 3.42. The van der Waals surface area contributed by atoms with Crippen molar-refractivity contribution >= 4 is 23.3 Å². The molecule has 1 aromatic carbocycles. The van der Waals surface area contributed by atoms with Gasteiger partial charge in [-0.15, -0.1) is 0 Å². The number of rotatable bonds is 4. The molecule has 1 aromatic rings. The zero-order chi connectivity index (χ0) is 13.0. The second kappa shape index (κ2) is 5.63. The molecule has 0 radical (unpaired) electrons. The Kier molecular flexibility index (Phi) is 4.45. The number of halogens is 1. The number of nitro benzene ring substituents is 1. The van der Waals surface area contributed by atoms with Crippen molar-refractivity contribution in [2.45, 2.75) is 20.3 Å². The lowest BCUT2D eigenvalue weighted by atomic mass is 10.1. The predicted octanol–water partition coefficient (Wildman–Crippen LogP) is 2.66. The van der Waals surface area contributed by atoms with Crippen LogP contribution in [0, 0.1) is 17.0 Å². The fourth-order valence-electron chi connectivity index (χ4n) is 1.44. The lowest BCUT2D eigenvalue weighted by Crippen LogP contribution is -2.08. The first-order valence-electron chi connectivity index (χ1n) is 5.04. The normalized spacial score (nSPS) is 10.1. The van der Waals surface area contributed by atoms with Gasteiger partial charge in [-0.25, -0.2) is 0 Å². The van der Waals surface area contributed by atoms with Crippen LogP contribution >= 0.6 is 11.6 Å². The van der Waals surface area contributed by atoms with Crippen molar-refractivity contribution in [3.63, 3.8) is 0 Å². The zero-order valence-corrected chi connectivity index (χ0v) is 10.3. The van der Waals surface area contributed by atoms with Crippen molar-refractivity contribution in [2.75, 3.05) is 6.61 Å². The molecule has 0 bridgehead atoms. The Balaban J connectivity index is 3.02. The summed E-state index contributed by atoms with van der Waals surface area (Å²) in [4.78, 5) is 21.4. The average molecular weight is 258 g/mol. The van der Waals surface area contributed by atoms with Gasteiger partial charge in [0.05, 0.1) is 18.0 Å². The molecule has 17 heavy (non-hydrogen) atoms. The second-order valence-electron chi connectivity index (χ2n) is 3.48. The average Bonchev–Trinajstić information content (AvgIpc) is 2.23. The molecule has 0 N–H and O–H groups in total. The van der Waals surface area contributed by atoms with Crippen LogP contribution in [0.5, 0.6) is 0 Å². The highest BCUT2D eigenvalue weighted by Crippen LogP contribution is 2.29. The van der Waals surface area contributed by atoms with Crippen molar-refractivity contribution in [3.05, 3.63) is 38.4 Å². The topological polar surface area (TPSA) is 69.4 Å². The Bertz CT molecular complexity index is 459. The van der Waals surface area contributed by atoms with E-state index in [0.29, 0.717) is 11.1 Å². The van der Waals surface area contributed by atoms with Gasteiger partial charge < -0.3 is 4.74 Å². The molecule has 5 nitrogen and oxygen atoms in total. The fraction of sp³-hybridized carbons (Fsp3) is 0.364. The predicted molar refractivity (Wildman–Crippen MR) is 63.2 cm³/mol. The molecule has 0 saturated carbocycles. The number of nitrogens with zero attached hydrogens (tertiary/aromatic N) is 1. The quantitative estimate of drug-likeness (QED) is 0.472. The van der Waals surface area contributed by atoms with E-state index in [-0.39, 0.29) is 23.7 Å². The summed E-state index contributed by atoms with van der Waals surface area (Å²) in [6, 6.07) is 2.94. The molecule has 0 aromatic heterocycles. The van der Waals surface area contributed by atoms with Gasteiger partial charge in [-0.3, -0.25) is 14.9 Å². The summed E-state index contributed by atoms with van der Waals surface area (Å²) in [6.45, 7) is 3.64. The summed E-state index contributed by atoms with van der Waals surface area (Å²) in [5.41, 5.74) is 0.906. The van der Waals surface area contributed by atoms with Crippen LogP contribution in [0.4, 0.5) is 5.69 Å². The van der Waals surface area contributed by atoms with Crippen LogP contribution in [0.2, 0.25) is 5.02 Å². The molecule has 0 fully saturated rings. The molecule has 1 rings (SSSR count). The molecule has 0 aliphatic carbocycles.